The van der Waals surface area contributed by atoms with Crippen molar-refractivity contribution in [3.63, 3.8) is 0 Å². The van der Waals surface area contributed by atoms with Crippen LogP contribution in [0.5, 0.6) is 5.88 Å². The van der Waals surface area contributed by atoms with Crippen LogP contribution in [-0.2, 0) is 0 Å². The first kappa shape index (κ1) is 27.0. The molecular formula is C26H35N5O5. The summed E-state index contributed by atoms with van der Waals surface area (Å²) in [4.78, 5) is 33.9. The molecule has 0 saturated carbocycles. The van der Waals surface area contributed by atoms with E-state index in [4.69, 9.17) is 9.26 Å². The molecule has 10 nitrogen and oxygen atoms in total. The number of fused-ring (bicyclic) bond motifs is 1. The van der Waals surface area contributed by atoms with Gasteiger partial charge >= 0.3 is 6.03 Å². The first-order chi connectivity index (χ1) is 17.0. The van der Waals surface area contributed by atoms with Gasteiger partial charge in [-0.1, -0.05) is 37.8 Å². The number of aromatic nitrogens is 2. The van der Waals surface area contributed by atoms with E-state index in [1.807, 2.05) is 20.8 Å². The number of aliphatic hydroxyl groups excluding tert-OH is 1. The molecular weight excluding hydrogens is 462 g/mol. The number of hydrogen-bond acceptors (Lipinski definition) is 7. The van der Waals surface area contributed by atoms with E-state index in [1.54, 1.807) is 45.0 Å². The third-order valence-electron chi connectivity index (χ3n) is 6.09. The van der Waals surface area contributed by atoms with Gasteiger partial charge in [-0.25, -0.2) is 9.78 Å². The molecule has 10 heteroatoms. The van der Waals surface area contributed by atoms with Crippen molar-refractivity contribution in [3.8, 4) is 17.7 Å². The Bertz CT molecular complexity index is 1150. The number of nitrogens with zero attached hydrogens (tertiary/aromatic N) is 4. The maximum absolute atomic E-state index is 13.5. The maximum Gasteiger partial charge on any atom is 0.321 e. The van der Waals surface area contributed by atoms with Crippen molar-refractivity contribution in [2.75, 3.05) is 32.1 Å². The zero-order valence-electron chi connectivity index (χ0n) is 22.0. The van der Waals surface area contributed by atoms with Gasteiger partial charge in [0.05, 0.1) is 19.2 Å². The summed E-state index contributed by atoms with van der Waals surface area (Å²) in [7, 11) is 1.67. The number of urea groups is 1. The molecule has 0 bridgehead atoms. The molecule has 0 aromatic carbocycles. The van der Waals surface area contributed by atoms with E-state index in [-0.39, 0.29) is 48.4 Å². The minimum absolute atomic E-state index is 0.160. The Hall–Kier alpha value is -3.58. The second-order valence-electron chi connectivity index (χ2n) is 9.63. The van der Waals surface area contributed by atoms with E-state index in [1.165, 1.54) is 4.90 Å². The number of carbonyl (C=O) groups excluding carboxylic acids is 2. The van der Waals surface area contributed by atoms with Crippen LogP contribution in [0.2, 0.25) is 0 Å². The highest BCUT2D eigenvalue weighted by Gasteiger charge is 2.34. The fourth-order valence-electron chi connectivity index (χ4n) is 3.83. The minimum Gasteiger partial charge on any atom is -0.472 e. The molecule has 36 heavy (non-hydrogen) atoms. The van der Waals surface area contributed by atoms with Crippen LogP contribution in [0.1, 0.15) is 55.1 Å². The van der Waals surface area contributed by atoms with Gasteiger partial charge < -0.3 is 29.5 Å². The van der Waals surface area contributed by atoms with Gasteiger partial charge in [0.2, 0.25) is 5.88 Å². The lowest BCUT2D eigenvalue weighted by molar-refractivity contribution is 0.0356. The normalized spacial score (nSPS) is 18.4. The van der Waals surface area contributed by atoms with Crippen LogP contribution < -0.4 is 10.1 Å². The smallest absolute Gasteiger partial charge is 0.321 e. The highest BCUT2D eigenvalue weighted by Crippen LogP contribution is 2.27. The lowest BCUT2D eigenvalue weighted by atomic mass is 10.00. The first-order valence-electron chi connectivity index (χ1n) is 12.1. The summed E-state index contributed by atoms with van der Waals surface area (Å²) in [6, 6.07) is 0.932. The second-order valence-corrected chi connectivity index (χ2v) is 9.63. The molecule has 1 aliphatic rings. The maximum atomic E-state index is 13.5. The molecule has 0 radical (unpaired) electrons. The molecule has 0 aliphatic carbocycles. The molecule has 0 unspecified atom stereocenters. The molecule has 0 saturated heterocycles. The fourth-order valence-corrected chi connectivity index (χ4v) is 3.83. The second kappa shape index (κ2) is 11.4. The van der Waals surface area contributed by atoms with Gasteiger partial charge in [-0.15, -0.1) is 0 Å². The largest absolute Gasteiger partial charge is 0.472 e. The standard InChI is InChI=1S/C26H35N5O5/c1-15(2)8-9-20-10-21-24(27-11-20)35-22(16(3)12-31(25(21)33)17(4)14-32)13-30(7)26(34)28-23-18(5)29-36-19(23)6/h10-11,15-17,22,32H,12-14H2,1-7H3,(H,28,34)/t16-,17+,22+/m0/s1. The molecule has 0 fully saturated rings. The number of likely N-dealkylation sites (N-methyl/N-ethyl adjacent to an activating group) is 1. The lowest BCUT2D eigenvalue weighted by Crippen LogP contribution is -2.50. The summed E-state index contributed by atoms with van der Waals surface area (Å²) in [6.45, 7) is 11.6. The highest BCUT2D eigenvalue weighted by molar-refractivity contribution is 5.97. The number of hydrogen-bond donors (Lipinski definition) is 2. The van der Waals surface area contributed by atoms with Crippen molar-refractivity contribution in [1.29, 1.82) is 0 Å². The van der Waals surface area contributed by atoms with Gasteiger partial charge in [0.25, 0.3) is 5.91 Å². The number of carbonyl (C=O) groups is 2. The van der Waals surface area contributed by atoms with Crippen LogP contribution >= 0.6 is 0 Å². The van der Waals surface area contributed by atoms with E-state index in [9.17, 15) is 14.7 Å². The Kier molecular flexibility index (Phi) is 8.58. The molecule has 0 spiro atoms. The topological polar surface area (TPSA) is 121 Å². The molecule has 194 valence electrons. The van der Waals surface area contributed by atoms with Crippen LogP contribution in [0.3, 0.4) is 0 Å². The summed E-state index contributed by atoms with van der Waals surface area (Å²) in [5.74, 6) is 6.56. The third kappa shape index (κ3) is 6.15. The van der Waals surface area contributed by atoms with Gasteiger partial charge in [-0.2, -0.15) is 0 Å². The zero-order chi connectivity index (χ0) is 26.6. The van der Waals surface area contributed by atoms with Crippen molar-refractivity contribution < 1.29 is 24.0 Å². The number of rotatable bonds is 5. The average molecular weight is 498 g/mol. The zero-order valence-corrected chi connectivity index (χ0v) is 22.0. The Morgan fingerprint density at radius 2 is 2.08 bits per heavy atom. The van der Waals surface area contributed by atoms with Crippen molar-refractivity contribution in [1.82, 2.24) is 19.9 Å². The predicted octanol–water partition coefficient (Wildman–Crippen LogP) is 3.08. The van der Waals surface area contributed by atoms with Crippen LogP contribution in [0.15, 0.2) is 16.8 Å². The number of aryl methyl sites for hydroxylation is 2. The number of pyridine rings is 1. The Balaban J connectivity index is 1.90. The molecule has 3 amide bonds. The quantitative estimate of drug-likeness (QED) is 0.609. The third-order valence-corrected chi connectivity index (χ3v) is 6.09. The number of amides is 3. The van der Waals surface area contributed by atoms with Crippen molar-refractivity contribution >= 4 is 17.6 Å². The summed E-state index contributed by atoms with van der Waals surface area (Å²) in [5.41, 5.74) is 2.02. The molecule has 1 aliphatic heterocycles. The van der Waals surface area contributed by atoms with Gasteiger partial charge in [-0.3, -0.25) is 4.79 Å². The van der Waals surface area contributed by atoms with Crippen molar-refractivity contribution in [2.45, 2.75) is 53.7 Å². The molecule has 3 heterocycles. The first-order valence-corrected chi connectivity index (χ1v) is 12.1. The Morgan fingerprint density at radius 3 is 2.69 bits per heavy atom. The monoisotopic (exact) mass is 497 g/mol. The van der Waals surface area contributed by atoms with Crippen LogP contribution in [0.25, 0.3) is 0 Å². The average Bonchev–Trinajstić information content (AvgIpc) is 3.16. The van der Waals surface area contributed by atoms with Crippen LogP contribution in [0, 0.1) is 37.5 Å². The van der Waals surface area contributed by atoms with Gasteiger partial charge in [0.1, 0.15) is 23.0 Å². The molecule has 3 rings (SSSR count). The number of anilines is 1. The Morgan fingerprint density at radius 1 is 1.36 bits per heavy atom. The van der Waals surface area contributed by atoms with Gasteiger partial charge in [0.15, 0.2) is 5.76 Å². The van der Waals surface area contributed by atoms with E-state index in [0.29, 0.717) is 29.2 Å². The highest BCUT2D eigenvalue weighted by atomic mass is 16.5. The minimum atomic E-state index is -0.467. The molecule has 3 atom stereocenters. The van der Waals surface area contributed by atoms with E-state index in [0.717, 1.165) is 0 Å². The summed E-state index contributed by atoms with van der Waals surface area (Å²) in [5, 5.41) is 16.5. The molecule has 2 aromatic heterocycles. The van der Waals surface area contributed by atoms with E-state index < -0.39 is 12.1 Å². The number of nitrogens with one attached hydrogen (secondary N) is 1. The Labute approximate surface area is 212 Å². The van der Waals surface area contributed by atoms with Gasteiger partial charge in [0, 0.05) is 37.2 Å². The van der Waals surface area contributed by atoms with Crippen LogP contribution in [0.4, 0.5) is 10.5 Å². The number of ether oxygens (including phenoxy) is 1. The number of aliphatic hydroxyl groups is 1. The van der Waals surface area contributed by atoms with Gasteiger partial charge in [-0.05, 0) is 26.8 Å². The summed E-state index contributed by atoms with van der Waals surface area (Å²) in [6.07, 6.45) is 1.11. The summed E-state index contributed by atoms with van der Waals surface area (Å²) < 4.78 is 11.4. The van der Waals surface area contributed by atoms with Crippen LogP contribution in [-0.4, -0.2) is 75.9 Å². The molecule has 2 N–H and O–H groups in total. The van der Waals surface area contributed by atoms with Crippen molar-refractivity contribution in [3.05, 3.63) is 34.8 Å². The van der Waals surface area contributed by atoms with E-state index in [2.05, 4.69) is 27.3 Å². The fraction of sp³-hybridized carbons (Fsp3) is 0.538. The SMILES string of the molecule is Cc1noc(C)c1NC(=O)N(C)C[C@H]1Oc2ncc(C#CC(C)C)cc2C(=O)N([C@H](C)CO)C[C@@H]1C. The van der Waals surface area contributed by atoms with E-state index >= 15 is 0 Å². The molecule has 2 aromatic rings. The predicted molar refractivity (Wildman–Crippen MR) is 135 cm³/mol. The lowest BCUT2D eigenvalue weighted by Gasteiger charge is -2.37. The summed E-state index contributed by atoms with van der Waals surface area (Å²) >= 11 is 0. The van der Waals surface area contributed by atoms with Crippen molar-refractivity contribution in [2.24, 2.45) is 11.8 Å².